The summed E-state index contributed by atoms with van der Waals surface area (Å²) in [4.78, 5) is 26.6. The van der Waals surface area contributed by atoms with Crippen molar-refractivity contribution in [2.75, 3.05) is 19.6 Å². The molecule has 1 saturated heterocycles. The zero-order valence-corrected chi connectivity index (χ0v) is 16.8. The Kier molecular flexibility index (Phi) is 6.93. The van der Waals surface area contributed by atoms with E-state index in [9.17, 15) is 9.59 Å². The van der Waals surface area contributed by atoms with Gasteiger partial charge in [-0.1, -0.05) is 41.9 Å². The summed E-state index contributed by atoms with van der Waals surface area (Å²) in [7, 11) is 0. The predicted molar refractivity (Wildman–Crippen MR) is 112 cm³/mol. The molecule has 2 aromatic rings. The summed E-state index contributed by atoms with van der Waals surface area (Å²) < 4.78 is 0. The maximum atomic E-state index is 12.6. The molecule has 3 amide bonds. The molecule has 0 unspecified atom stereocenters. The lowest BCUT2D eigenvalue weighted by Gasteiger charge is -2.33. The van der Waals surface area contributed by atoms with Gasteiger partial charge >= 0.3 is 6.03 Å². The van der Waals surface area contributed by atoms with Gasteiger partial charge in [-0.2, -0.15) is 0 Å². The van der Waals surface area contributed by atoms with Crippen molar-refractivity contribution in [2.45, 2.75) is 32.2 Å². The Morgan fingerprint density at radius 3 is 2.75 bits per heavy atom. The van der Waals surface area contributed by atoms with Crippen LogP contribution in [0.1, 0.15) is 47.2 Å². The Labute approximate surface area is 171 Å². The van der Waals surface area contributed by atoms with E-state index in [1.807, 2.05) is 60.4 Å². The monoisotopic (exact) mass is 399 g/mol. The molecular formula is C22H26ClN3O2. The maximum absolute atomic E-state index is 12.6. The van der Waals surface area contributed by atoms with Gasteiger partial charge in [0.1, 0.15) is 0 Å². The average Bonchev–Trinajstić information content (AvgIpc) is 2.73. The highest BCUT2D eigenvalue weighted by atomic mass is 35.5. The van der Waals surface area contributed by atoms with Crippen molar-refractivity contribution >= 4 is 23.5 Å². The second-order valence-corrected chi connectivity index (χ2v) is 7.43. The molecule has 3 rings (SSSR count). The number of piperidine rings is 1. The summed E-state index contributed by atoms with van der Waals surface area (Å²) in [5.41, 5.74) is 2.61. The number of nitrogens with zero attached hydrogens (tertiary/aromatic N) is 1. The molecule has 2 N–H and O–H groups in total. The molecule has 0 aliphatic carbocycles. The highest BCUT2D eigenvalue weighted by molar-refractivity contribution is 6.31. The van der Waals surface area contributed by atoms with Crippen LogP contribution in [0.4, 0.5) is 4.79 Å². The number of halogens is 1. The minimum Gasteiger partial charge on any atom is -0.348 e. The van der Waals surface area contributed by atoms with Crippen LogP contribution in [-0.4, -0.2) is 36.5 Å². The van der Waals surface area contributed by atoms with Crippen LogP contribution in [0.5, 0.6) is 0 Å². The topological polar surface area (TPSA) is 61.4 Å². The summed E-state index contributed by atoms with van der Waals surface area (Å²) >= 11 is 6.15. The van der Waals surface area contributed by atoms with Crippen molar-refractivity contribution in [3.63, 3.8) is 0 Å². The molecule has 28 heavy (non-hydrogen) atoms. The van der Waals surface area contributed by atoms with Crippen LogP contribution >= 0.6 is 11.6 Å². The molecule has 5 nitrogen and oxygen atoms in total. The van der Waals surface area contributed by atoms with Gasteiger partial charge in [0, 0.05) is 42.7 Å². The van der Waals surface area contributed by atoms with Gasteiger partial charge in [-0.05, 0) is 49.1 Å². The highest BCUT2D eigenvalue weighted by Gasteiger charge is 2.24. The van der Waals surface area contributed by atoms with Crippen LogP contribution in [0.3, 0.4) is 0 Å². The number of benzene rings is 2. The molecule has 0 radical (unpaired) electrons. The van der Waals surface area contributed by atoms with E-state index in [0.29, 0.717) is 30.2 Å². The molecule has 1 fully saturated rings. The molecule has 6 heteroatoms. The van der Waals surface area contributed by atoms with E-state index in [1.165, 1.54) is 0 Å². The lowest BCUT2D eigenvalue weighted by molar-refractivity contribution is 0.0950. The van der Waals surface area contributed by atoms with E-state index in [-0.39, 0.29) is 17.9 Å². The molecule has 1 aliphatic rings. The summed E-state index contributed by atoms with van der Waals surface area (Å²) in [6, 6.07) is 15.2. The van der Waals surface area contributed by atoms with Gasteiger partial charge in [0.05, 0.1) is 0 Å². The minimum atomic E-state index is -0.127. The standard InChI is InChI=1S/C22H26ClN3O2/c1-2-24-22(28)26-12-6-10-19(15-26)16-8-5-9-17(13-16)21(27)25-14-18-7-3-4-11-20(18)23/h3-5,7-9,11,13,19H,2,6,10,12,14-15H2,1H3,(H,24,28)(H,25,27)/t19-/m1/s1. The first-order valence-electron chi connectivity index (χ1n) is 9.72. The van der Waals surface area contributed by atoms with Gasteiger partial charge in [0.15, 0.2) is 0 Å². The first-order valence-corrected chi connectivity index (χ1v) is 10.1. The van der Waals surface area contributed by atoms with Gasteiger partial charge in [-0.25, -0.2) is 4.79 Å². The Balaban J connectivity index is 1.65. The first kappa shape index (κ1) is 20.2. The predicted octanol–water partition coefficient (Wildman–Crippen LogP) is 4.18. The zero-order chi connectivity index (χ0) is 19.9. The Hall–Kier alpha value is -2.53. The number of carbonyl (C=O) groups excluding carboxylic acids is 2. The van der Waals surface area contributed by atoms with Crippen LogP contribution < -0.4 is 10.6 Å². The Morgan fingerprint density at radius 1 is 1.14 bits per heavy atom. The van der Waals surface area contributed by atoms with Gasteiger partial charge in [-0.3, -0.25) is 4.79 Å². The molecule has 1 heterocycles. The third kappa shape index (κ3) is 5.04. The summed E-state index contributed by atoms with van der Waals surface area (Å²) in [5, 5.41) is 6.44. The number of hydrogen-bond donors (Lipinski definition) is 2. The van der Waals surface area contributed by atoms with Crippen molar-refractivity contribution in [3.8, 4) is 0 Å². The van der Waals surface area contributed by atoms with Crippen LogP contribution in [0.2, 0.25) is 5.02 Å². The van der Waals surface area contributed by atoms with E-state index in [4.69, 9.17) is 11.6 Å². The number of carbonyl (C=O) groups is 2. The molecule has 0 spiro atoms. The van der Waals surface area contributed by atoms with E-state index in [0.717, 1.165) is 30.5 Å². The number of nitrogens with one attached hydrogen (secondary N) is 2. The minimum absolute atomic E-state index is 0.0131. The fraction of sp³-hybridized carbons (Fsp3) is 0.364. The van der Waals surface area contributed by atoms with Crippen molar-refractivity contribution in [3.05, 3.63) is 70.2 Å². The van der Waals surface area contributed by atoms with Crippen LogP contribution in [-0.2, 0) is 6.54 Å². The summed E-state index contributed by atoms with van der Waals surface area (Å²) in [6.07, 6.45) is 1.98. The SMILES string of the molecule is CCNC(=O)N1CCC[C@@H](c2cccc(C(=O)NCc3ccccc3Cl)c2)C1. The molecule has 0 aromatic heterocycles. The number of urea groups is 1. The number of hydrogen-bond acceptors (Lipinski definition) is 2. The van der Waals surface area contributed by atoms with Crippen molar-refractivity contribution in [2.24, 2.45) is 0 Å². The van der Waals surface area contributed by atoms with Gasteiger partial charge < -0.3 is 15.5 Å². The molecule has 2 aromatic carbocycles. The lowest BCUT2D eigenvalue weighted by atomic mass is 9.89. The normalized spacial score (nSPS) is 16.5. The largest absolute Gasteiger partial charge is 0.348 e. The van der Waals surface area contributed by atoms with Crippen molar-refractivity contribution < 1.29 is 9.59 Å². The summed E-state index contributed by atoms with van der Waals surface area (Å²) in [6.45, 7) is 4.39. The zero-order valence-electron chi connectivity index (χ0n) is 16.1. The highest BCUT2D eigenvalue weighted by Crippen LogP contribution is 2.27. The maximum Gasteiger partial charge on any atom is 0.317 e. The number of rotatable bonds is 5. The molecule has 1 aliphatic heterocycles. The number of amides is 3. The van der Waals surface area contributed by atoms with Gasteiger partial charge in [0.25, 0.3) is 5.91 Å². The second kappa shape index (κ2) is 9.60. The first-order chi connectivity index (χ1) is 13.6. The number of likely N-dealkylation sites (tertiary alicyclic amines) is 1. The Morgan fingerprint density at radius 2 is 1.96 bits per heavy atom. The third-order valence-corrected chi connectivity index (χ3v) is 5.42. The smallest absolute Gasteiger partial charge is 0.317 e. The van der Waals surface area contributed by atoms with E-state index < -0.39 is 0 Å². The molecular weight excluding hydrogens is 374 g/mol. The molecule has 148 valence electrons. The third-order valence-electron chi connectivity index (χ3n) is 5.05. The average molecular weight is 400 g/mol. The van der Waals surface area contributed by atoms with E-state index >= 15 is 0 Å². The molecule has 1 atom stereocenters. The molecule has 0 bridgehead atoms. The van der Waals surface area contributed by atoms with Gasteiger partial charge in [0.2, 0.25) is 0 Å². The van der Waals surface area contributed by atoms with Crippen LogP contribution in [0.15, 0.2) is 48.5 Å². The van der Waals surface area contributed by atoms with Crippen LogP contribution in [0, 0.1) is 0 Å². The van der Waals surface area contributed by atoms with Crippen molar-refractivity contribution in [1.29, 1.82) is 0 Å². The fourth-order valence-electron chi connectivity index (χ4n) is 3.55. The quantitative estimate of drug-likeness (QED) is 0.792. The second-order valence-electron chi connectivity index (χ2n) is 7.02. The fourth-order valence-corrected chi connectivity index (χ4v) is 3.75. The lowest BCUT2D eigenvalue weighted by Crippen LogP contribution is -2.44. The Bertz CT molecular complexity index is 840. The van der Waals surface area contributed by atoms with E-state index in [2.05, 4.69) is 10.6 Å². The molecule has 0 saturated carbocycles. The van der Waals surface area contributed by atoms with Crippen LogP contribution in [0.25, 0.3) is 0 Å². The van der Waals surface area contributed by atoms with Crippen molar-refractivity contribution in [1.82, 2.24) is 15.5 Å². The van der Waals surface area contributed by atoms with E-state index in [1.54, 1.807) is 0 Å². The summed E-state index contributed by atoms with van der Waals surface area (Å²) in [5.74, 6) is 0.117. The van der Waals surface area contributed by atoms with Gasteiger partial charge in [-0.15, -0.1) is 0 Å².